The molecule has 0 unspecified atom stereocenters. The predicted molar refractivity (Wildman–Crippen MR) is 90.0 cm³/mol. The van der Waals surface area contributed by atoms with Crippen LogP contribution in [0.25, 0.3) is 11.3 Å². The highest BCUT2D eigenvalue weighted by Gasteiger charge is 2.11. The van der Waals surface area contributed by atoms with E-state index in [1.165, 1.54) is 21.7 Å². The van der Waals surface area contributed by atoms with Crippen molar-refractivity contribution in [2.45, 2.75) is 20.3 Å². The van der Waals surface area contributed by atoms with Gasteiger partial charge in [0.25, 0.3) is 0 Å². The Hall–Kier alpha value is -1.23. The lowest BCUT2D eigenvalue weighted by molar-refractivity contribution is 0.244. The summed E-state index contributed by atoms with van der Waals surface area (Å²) in [7, 11) is 0. The predicted octanol–water partition coefficient (Wildman–Crippen LogP) is 2.87. The van der Waals surface area contributed by atoms with Gasteiger partial charge in [-0.2, -0.15) is 0 Å². The van der Waals surface area contributed by atoms with E-state index in [1.807, 2.05) is 0 Å². The molecule has 3 nitrogen and oxygen atoms in total. The Morgan fingerprint density at radius 1 is 1.24 bits per heavy atom. The van der Waals surface area contributed by atoms with Crippen LogP contribution in [0.4, 0.5) is 0 Å². The quantitative estimate of drug-likeness (QED) is 0.941. The standard InChI is InChI=1S/C17H23N3S/c1-13-3-4-14(2)15(11-13)16-12-21-17(19-16)5-8-20-9-6-18-7-10-20/h3-4,11-12,18H,5-10H2,1-2H3. The number of aromatic nitrogens is 1. The summed E-state index contributed by atoms with van der Waals surface area (Å²) < 4.78 is 0. The number of benzene rings is 1. The third kappa shape index (κ3) is 3.70. The zero-order valence-electron chi connectivity index (χ0n) is 12.9. The lowest BCUT2D eigenvalue weighted by Gasteiger charge is -2.26. The van der Waals surface area contributed by atoms with Crippen molar-refractivity contribution in [2.75, 3.05) is 32.7 Å². The number of aryl methyl sites for hydroxylation is 2. The first-order valence-corrected chi connectivity index (χ1v) is 8.55. The molecule has 2 aromatic rings. The van der Waals surface area contributed by atoms with Gasteiger partial charge in [-0.3, -0.25) is 0 Å². The first kappa shape index (κ1) is 14.7. The van der Waals surface area contributed by atoms with Gasteiger partial charge in [0.1, 0.15) is 0 Å². The van der Waals surface area contributed by atoms with E-state index in [-0.39, 0.29) is 0 Å². The van der Waals surface area contributed by atoms with Gasteiger partial charge in [0.15, 0.2) is 0 Å². The highest BCUT2D eigenvalue weighted by Crippen LogP contribution is 2.26. The van der Waals surface area contributed by atoms with Crippen molar-refractivity contribution in [3.8, 4) is 11.3 Å². The van der Waals surface area contributed by atoms with E-state index in [0.717, 1.165) is 44.8 Å². The third-order valence-corrected chi connectivity index (χ3v) is 4.98. The second-order valence-corrected chi connectivity index (χ2v) is 6.73. The van der Waals surface area contributed by atoms with Crippen molar-refractivity contribution in [2.24, 2.45) is 0 Å². The molecule has 0 saturated carbocycles. The van der Waals surface area contributed by atoms with E-state index in [1.54, 1.807) is 11.3 Å². The lowest BCUT2D eigenvalue weighted by Crippen LogP contribution is -2.44. The summed E-state index contributed by atoms with van der Waals surface area (Å²) in [6.45, 7) is 9.98. The maximum atomic E-state index is 4.84. The van der Waals surface area contributed by atoms with Crippen LogP contribution in [-0.4, -0.2) is 42.6 Å². The summed E-state index contributed by atoms with van der Waals surface area (Å²) >= 11 is 1.79. The fraction of sp³-hybridized carbons (Fsp3) is 0.471. The number of thiazole rings is 1. The van der Waals surface area contributed by atoms with Crippen molar-refractivity contribution in [3.05, 3.63) is 39.7 Å². The van der Waals surface area contributed by atoms with Crippen molar-refractivity contribution in [3.63, 3.8) is 0 Å². The Morgan fingerprint density at radius 3 is 2.86 bits per heavy atom. The second kappa shape index (κ2) is 6.69. The van der Waals surface area contributed by atoms with Crippen molar-refractivity contribution >= 4 is 11.3 Å². The molecule has 1 saturated heterocycles. The number of rotatable bonds is 4. The Labute approximate surface area is 131 Å². The molecule has 0 amide bonds. The molecule has 1 aliphatic rings. The molecular formula is C17H23N3S. The molecule has 0 spiro atoms. The minimum atomic E-state index is 1.07. The second-order valence-electron chi connectivity index (χ2n) is 5.79. The molecule has 1 N–H and O–H groups in total. The zero-order chi connectivity index (χ0) is 14.7. The fourth-order valence-electron chi connectivity index (χ4n) is 2.75. The van der Waals surface area contributed by atoms with Crippen LogP contribution in [-0.2, 0) is 6.42 Å². The molecule has 0 atom stereocenters. The van der Waals surface area contributed by atoms with Crippen LogP contribution in [0, 0.1) is 13.8 Å². The van der Waals surface area contributed by atoms with Gasteiger partial charge in [-0.25, -0.2) is 4.98 Å². The van der Waals surface area contributed by atoms with Gasteiger partial charge < -0.3 is 10.2 Å². The average Bonchev–Trinajstić information content (AvgIpc) is 2.97. The van der Waals surface area contributed by atoms with Crippen LogP contribution < -0.4 is 5.32 Å². The molecule has 1 aromatic heterocycles. The van der Waals surface area contributed by atoms with E-state index in [0.29, 0.717) is 0 Å². The largest absolute Gasteiger partial charge is 0.314 e. The fourth-order valence-corrected chi connectivity index (χ4v) is 3.54. The van der Waals surface area contributed by atoms with E-state index in [9.17, 15) is 0 Å². The minimum Gasteiger partial charge on any atom is -0.314 e. The third-order valence-electron chi connectivity index (χ3n) is 4.07. The molecular weight excluding hydrogens is 278 g/mol. The summed E-state index contributed by atoms with van der Waals surface area (Å²) in [4.78, 5) is 7.37. The number of hydrogen-bond donors (Lipinski definition) is 1. The van der Waals surface area contributed by atoms with Crippen LogP contribution in [0.2, 0.25) is 0 Å². The van der Waals surface area contributed by atoms with Crippen molar-refractivity contribution in [1.82, 2.24) is 15.2 Å². The molecule has 0 bridgehead atoms. The summed E-state index contributed by atoms with van der Waals surface area (Å²) in [5.41, 5.74) is 5.02. The van der Waals surface area contributed by atoms with E-state index >= 15 is 0 Å². The molecule has 4 heteroatoms. The summed E-state index contributed by atoms with van der Waals surface area (Å²) in [5.74, 6) is 0. The number of piperazine rings is 1. The van der Waals surface area contributed by atoms with Gasteiger partial charge in [-0.05, 0) is 25.5 Å². The lowest BCUT2D eigenvalue weighted by atomic mass is 10.0. The number of nitrogens with zero attached hydrogens (tertiary/aromatic N) is 2. The molecule has 2 heterocycles. The molecule has 0 radical (unpaired) electrons. The molecule has 112 valence electrons. The van der Waals surface area contributed by atoms with Gasteiger partial charge >= 0.3 is 0 Å². The Morgan fingerprint density at radius 2 is 2.05 bits per heavy atom. The van der Waals surface area contributed by atoms with E-state index in [2.05, 4.69) is 47.6 Å². The molecule has 1 aliphatic heterocycles. The molecule has 3 rings (SSSR count). The molecule has 1 aromatic carbocycles. The van der Waals surface area contributed by atoms with Gasteiger partial charge in [0.2, 0.25) is 0 Å². The Balaban J connectivity index is 1.66. The minimum absolute atomic E-state index is 1.07. The van der Waals surface area contributed by atoms with Crippen molar-refractivity contribution in [1.29, 1.82) is 0 Å². The molecule has 21 heavy (non-hydrogen) atoms. The average molecular weight is 301 g/mol. The molecule has 1 fully saturated rings. The van der Waals surface area contributed by atoms with Crippen LogP contribution in [0.1, 0.15) is 16.1 Å². The Bertz CT molecular complexity index is 600. The van der Waals surface area contributed by atoms with Gasteiger partial charge in [0, 0.05) is 50.1 Å². The van der Waals surface area contributed by atoms with E-state index in [4.69, 9.17) is 4.98 Å². The number of nitrogens with one attached hydrogen (secondary N) is 1. The smallest absolute Gasteiger partial charge is 0.0945 e. The van der Waals surface area contributed by atoms with Gasteiger partial charge in [0.05, 0.1) is 10.7 Å². The number of hydrogen-bond acceptors (Lipinski definition) is 4. The SMILES string of the molecule is Cc1ccc(C)c(-c2csc(CCN3CCNCC3)n2)c1. The topological polar surface area (TPSA) is 28.2 Å². The van der Waals surface area contributed by atoms with Gasteiger partial charge in [-0.1, -0.05) is 17.7 Å². The maximum Gasteiger partial charge on any atom is 0.0945 e. The van der Waals surface area contributed by atoms with Crippen LogP contribution in [0.3, 0.4) is 0 Å². The summed E-state index contributed by atoms with van der Waals surface area (Å²) in [6.07, 6.45) is 1.07. The van der Waals surface area contributed by atoms with Crippen molar-refractivity contribution < 1.29 is 0 Å². The maximum absolute atomic E-state index is 4.84. The normalized spacial score (nSPS) is 16.3. The van der Waals surface area contributed by atoms with Gasteiger partial charge in [-0.15, -0.1) is 11.3 Å². The summed E-state index contributed by atoms with van der Waals surface area (Å²) in [6, 6.07) is 6.59. The van der Waals surface area contributed by atoms with Crippen LogP contribution in [0.5, 0.6) is 0 Å². The van der Waals surface area contributed by atoms with Crippen LogP contribution >= 0.6 is 11.3 Å². The zero-order valence-corrected chi connectivity index (χ0v) is 13.7. The Kier molecular flexibility index (Phi) is 4.68. The molecule has 0 aliphatic carbocycles. The monoisotopic (exact) mass is 301 g/mol. The highest BCUT2D eigenvalue weighted by atomic mass is 32.1. The van der Waals surface area contributed by atoms with Crippen LogP contribution in [0.15, 0.2) is 23.6 Å². The first-order valence-electron chi connectivity index (χ1n) is 7.67. The summed E-state index contributed by atoms with van der Waals surface area (Å²) in [5, 5.41) is 6.85. The highest BCUT2D eigenvalue weighted by molar-refractivity contribution is 7.09. The first-order chi connectivity index (χ1) is 10.2. The van der Waals surface area contributed by atoms with E-state index < -0.39 is 0 Å².